The Bertz CT molecular complexity index is 523. The number of nitrogen functional groups attached to an aromatic ring is 1. The summed E-state index contributed by atoms with van der Waals surface area (Å²) in [6, 6.07) is 5.00. The van der Waals surface area contributed by atoms with Gasteiger partial charge in [-0.1, -0.05) is 0 Å². The average molecular weight is 292 g/mol. The zero-order valence-electron chi connectivity index (χ0n) is 12.9. The Morgan fingerprint density at radius 3 is 2.86 bits per heavy atom. The molecule has 1 heterocycles. The summed E-state index contributed by atoms with van der Waals surface area (Å²) in [5, 5.41) is 9.58. The fourth-order valence-electron chi connectivity index (χ4n) is 2.63. The lowest BCUT2D eigenvalue weighted by Crippen LogP contribution is -2.40. The maximum Gasteiger partial charge on any atom is 0.410 e. The third kappa shape index (κ3) is 4.03. The summed E-state index contributed by atoms with van der Waals surface area (Å²) in [5.41, 5.74) is 6.97. The van der Waals surface area contributed by atoms with Crippen molar-refractivity contribution in [2.45, 2.75) is 51.7 Å². The molecule has 0 aromatic heterocycles. The Hall–Kier alpha value is -1.91. The Morgan fingerprint density at radius 2 is 2.19 bits per heavy atom. The monoisotopic (exact) mass is 292 g/mol. The van der Waals surface area contributed by atoms with Crippen LogP contribution >= 0.6 is 0 Å². The number of likely N-dealkylation sites (tertiary alicyclic amines) is 1. The van der Waals surface area contributed by atoms with E-state index in [1.54, 1.807) is 23.1 Å². The summed E-state index contributed by atoms with van der Waals surface area (Å²) in [5.74, 6) is 0.195. The second-order valence-corrected chi connectivity index (χ2v) is 6.56. The van der Waals surface area contributed by atoms with Crippen LogP contribution in [-0.4, -0.2) is 34.3 Å². The van der Waals surface area contributed by atoms with Crippen LogP contribution in [0.25, 0.3) is 0 Å². The largest absolute Gasteiger partial charge is 0.508 e. The minimum atomic E-state index is -0.492. The molecule has 0 aliphatic carbocycles. The fourth-order valence-corrected chi connectivity index (χ4v) is 2.63. The van der Waals surface area contributed by atoms with Gasteiger partial charge in [-0.25, -0.2) is 4.79 Å². The third-order valence-corrected chi connectivity index (χ3v) is 3.59. The van der Waals surface area contributed by atoms with E-state index >= 15 is 0 Å². The number of aromatic hydroxyl groups is 1. The van der Waals surface area contributed by atoms with E-state index < -0.39 is 5.60 Å². The van der Waals surface area contributed by atoms with Gasteiger partial charge in [-0.05, 0) is 63.8 Å². The summed E-state index contributed by atoms with van der Waals surface area (Å²) < 4.78 is 5.45. The number of hydrogen-bond donors (Lipinski definition) is 2. The molecule has 1 aromatic rings. The van der Waals surface area contributed by atoms with E-state index in [4.69, 9.17) is 10.5 Å². The summed E-state index contributed by atoms with van der Waals surface area (Å²) >= 11 is 0. The zero-order chi connectivity index (χ0) is 15.6. The van der Waals surface area contributed by atoms with Crippen molar-refractivity contribution in [2.75, 3.05) is 12.3 Å². The van der Waals surface area contributed by atoms with Gasteiger partial charge in [0.25, 0.3) is 0 Å². The van der Waals surface area contributed by atoms with Crippen LogP contribution in [0.5, 0.6) is 5.75 Å². The molecule has 1 aliphatic heterocycles. The lowest BCUT2D eigenvalue weighted by atomic mass is 10.0. The Labute approximate surface area is 125 Å². The van der Waals surface area contributed by atoms with Gasteiger partial charge < -0.3 is 20.5 Å². The van der Waals surface area contributed by atoms with E-state index in [0.717, 1.165) is 18.4 Å². The van der Waals surface area contributed by atoms with Crippen molar-refractivity contribution in [2.24, 2.45) is 0 Å². The van der Waals surface area contributed by atoms with Crippen LogP contribution in [0.4, 0.5) is 10.5 Å². The molecule has 1 saturated heterocycles. The van der Waals surface area contributed by atoms with Crippen molar-refractivity contribution in [1.29, 1.82) is 0 Å². The van der Waals surface area contributed by atoms with E-state index in [9.17, 15) is 9.90 Å². The number of carbonyl (C=O) groups is 1. The first-order valence-electron chi connectivity index (χ1n) is 7.33. The quantitative estimate of drug-likeness (QED) is 0.649. The summed E-state index contributed by atoms with van der Waals surface area (Å²) in [6.07, 6.45) is 2.25. The number of amides is 1. The Morgan fingerprint density at radius 1 is 1.48 bits per heavy atom. The van der Waals surface area contributed by atoms with Crippen LogP contribution in [0, 0.1) is 0 Å². The van der Waals surface area contributed by atoms with Crippen LogP contribution in [0.15, 0.2) is 18.2 Å². The zero-order valence-corrected chi connectivity index (χ0v) is 12.9. The maximum absolute atomic E-state index is 12.2. The third-order valence-electron chi connectivity index (χ3n) is 3.59. The van der Waals surface area contributed by atoms with E-state index in [0.29, 0.717) is 18.7 Å². The average Bonchev–Trinajstić information content (AvgIpc) is 2.80. The lowest BCUT2D eigenvalue weighted by molar-refractivity contribution is 0.0227. The highest BCUT2D eigenvalue weighted by molar-refractivity contribution is 5.69. The predicted octanol–water partition coefficient (Wildman–Crippen LogP) is 2.92. The second kappa shape index (κ2) is 5.84. The van der Waals surface area contributed by atoms with Gasteiger partial charge in [0.1, 0.15) is 11.4 Å². The summed E-state index contributed by atoms with van der Waals surface area (Å²) in [6.45, 7) is 6.30. The number of phenols is 1. The number of rotatable bonds is 2. The molecule has 5 nitrogen and oxygen atoms in total. The van der Waals surface area contributed by atoms with Crippen LogP contribution < -0.4 is 5.73 Å². The highest BCUT2D eigenvalue weighted by Crippen LogP contribution is 2.27. The van der Waals surface area contributed by atoms with Crippen molar-refractivity contribution < 1.29 is 14.6 Å². The van der Waals surface area contributed by atoms with Gasteiger partial charge in [-0.15, -0.1) is 0 Å². The van der Waals surface area contributed by atoms with Gasteiger partial charge >= 0.3 is 6.09 Å². The van der Waals surface area contributed by atoms with Gasteiger partial charge in [0, 0.05) is 18.3 Å². The molecule has 1 aromatic carbocycles. The van der Waals surface area contributed by atoms with Crippen molar-refractivity contribution >= 4 is 11.8 Å². The first kappa shape index (κ1) is 15.5. The van der Waals surface area contributed by atoms with Crippen molar-refractivity contribution in [3.05, 3.63) is 23.8 Å². The minimum Gasteiger partial charge on any atom is -0.508 e. The molecule has 1 unspecified atom stereocenters. The summed E-state index contributed by atoms with van der Waals surface area (Å²) in [7, 11) is 0. The molecule has 116 valence electrons. The van der Waals surface area contributed by atoms with Crippen LogP contribution in [0.1, 0.15) is 39.2 Å². The molecule has 0 radical (unpaired) electrons. The number of ether oxygens (including phenoxy) is 1. The number of phenolic OH excluding ortho intramolecular Hbond substituents is 1. The van der Waals surface area contributed by atoms with Crippen LogP contribution in [0.2, 0.25) is 0 Å². The van der Waals surface area contributed by atoms with E-state index in [1.807, 2.05) is 20.8 Å². The first-order chi connectivity index (χ1) is 9.76. The van der Waals surface area contributed by atoms with Gasteiger partial charge in [0.15, 0.2) is 0 Å². The number of hydrogen-bond acceptors (Lipinski definition) is 4. The van der Waals surface area contributed by atoms with Crippen molar-refractivity contribution in [1.82, 2.24) is 4.90 Å². The smallest absolute Gasteiger partial charge is 0.410 e. The van der Waals surface area contributed by atoms with Crippen LogP contribution in [-0.2, 0) is 11.2 Å². The topological polar surface area (TPSA) is 75.8 Å². The molecule has 5 heteroatoms. The number of anilines is 1. The normalized spacial score (nSPS) is 18.8. The fraction of sp³-hybridized carbons (Fsp3) is 0.562. The number of nitrogens with two attached hydrogens (primary N) is 1. The Balaban J connectivity index is 2.08. The minimum absolute atomic E-state index is 0.0731. The molecular weight excluding hydrogens is 268 g/mol. The van der Waals surface area contributed by atoms with Gasteiger partial charge in [0.05, 0.1) is 0 Å². The van der Waals surface area contributed by atoms with E-state index in [-0.39, 0.29) is 17.9 Å². The standard InChI is InChI=1S/C16H24N2O3/c1-16(2,3)21-15(20)18-8-4-5-12(18)9-11-10-13(19)6-7-14(11)17/h6-7,10,12,19H,4-5,8-9,17H2,1-3H3. The molecule has 0 spiro atoms. The predicted molar refractivity (Wildman–Crippen MR) is 82.2 cm³/mol. The molecule has 1 atom stereocenters. The molecule has 1 amide bonds. The highest BCUT2D eigenvalue weighted by atomic mass is 16.6. The Kier molecular flexibility index (Phi) is 4.30. The number of carbonyl (C=O) groups excluding carboxylic acids is 1. The SMILES string of the molecule is CC(C)(C)OC(=O)N1CCCC1Cc1cc(O)ccc1N. The van der Waals surface area contributed by atoms with E-state index in [1.165, 1.54) is 0 Å². The van der Waals surface area contributed by atoms with Gasteiger partial charge in [-0.3, -0.25) is 0 Å². The van der Waals surface area contributed by atoms with E-state index in [2.05, 4.69) is 0 Å². The highest BCUT2D eigenvalue weighted by Gasteiger charge is 2.32. The van der Waals surface area contributed by atoms with Gasteiger partial charge in [-0.2, -0.15) is 0 Å². The summed E-state index contributed by atoms with van der Waals surface area (Å²) in [4.78, 5) is 14.0. The van der Waals surface area contributed by atoms with Gasteiger partial charge in [0.2, 0.25) is 0 Å². The molecule has 2 rings (SSSR count). The van der Waals surface area contributed by atoms with Crippen molar-refractivity contribution in [3.63, 3.8) is 0 Å². The molecule has 3 N–H and O–H groups in total. The molecule has 1 fully saturated rings. The van der Waals surface area contributed by atoms with Crippen molar-refractivity contribution in [3.8, 4) is 5.75 Å². The number of nitrogens with zero attached hydrogens (tertiary/aromatic N) is 1. The second-order valence-electron chi connectivity index (χ2n) is 6.56. The maximum atomic E-state index is 12.2. The first-order valence-corrected chi connectivity index (χ1v) is 7.33. The molecule has 1 aliphatic rings. The molecule has 0 bridgehead atoms. The number of benzene rings is 1. The lowest BCUT2D eigenvalue weighted by Gasteiger charge is -2.29. The van der Waals surface area contributed by atoms with Crippen LogP contribution in [0.3, 0.4) is 0 Å². The molecule has 21 heavy (non-hydrogen) atoms. The molecular formula is C16H24N2O3. The molecule has 0 saturated carbocycles.